The highest BCUT2D eigenvalue weighted by Crippen LogP contribution is 2.40. The van der Waals surface area contributed by atoms with Crippen LogP contribution in [0.3, 0.4) is 0 Å². The van der Waals surface area contributed by atoms with Gasteiger partial charge in [0, 0.05) is 25.2 Å². The number of ether oxygens (including phenoxy) is 3. The molecule has 0 radical (unpaired) electrons. The molecule has 1 heterocycles. The molecule has 2 amide bonds. The number of hydrogen-bond donors (Lipinski definition) is 2. The van der Waals surface area contributed by atoms with Crippen LogP contribution in [0.15, 0.2) is 36.4 Å². The summed E-state index contributed by atoms with van der Waals surface area (Å²) < 4.78 is 16.4. The minimum absolute atomic E-state index is 0.0152. The van der Waals surface area contributed by atoms with Crippen molar-refractivity contribution in [3.8, 4) is 17.2 Å². The molecule has 2 N–H and O–H groups in total. The van der Waals surface area contributed by atoms with Crippen LogP contribution in [0.4, 0.5) is 4.79 Å². The molecule has 2 aromatic carbocycles. The van der Waals surface area contributed by atoms with E-state index in [2.05, 4.69) is 46.7 Å². The minimum Gasteiger partial charge on any atom is -0.497 e. The molecule has 1 aliphatic rings. The molecule has 2 unspecified atom stereocenters. The molecule has 0 bridgehead atoms. The summed E-state index contributed by atoms with van der Waals surface area (Å²) in [6.45, 7) is 7.59. The molecule has 0 aromatic heterocycles. The third-order valence-electron chi connectivity index (χ3n) is 5.82. The minimum atomic E-state index is -0.163. The van der Waals surface area contributed by atoms with Crippen LogP contribution in [0.25, 0.3) is 0 Å². The molecule has 0 fully saturated rings. The van der Waals surface area contributed by atoms with Crippen LogP contribution in [0.2, 0.25) is 0 Å². The van der Waals surface area contributed by atoms with Gasteiger partial charge in [0.25, 0.3) is 0 Å². The van der Waals surface area contributed by atoms with Crippen molar-refractivity contribution in [2.75, 3.05) is 27.9 Å². The Morgan fingerprint density at radius 1 is 1.00 bits per heavy atom. The third kappa shape index (κ3) is 5.46. The molecule has 0 spiro atoms. The normalized spacial score (nSPS) is 16.8. The molecule has 32 heavy (non-hydrogen) atoms. The first-order valence-corrected chi connectivity index (χ1v) is 11.0. The molecule has 2 atom stereocenters. The van der Waals surface area contributed by atoms with Crippen molar-refractivity contribution in [3.63, 3.8) is 0 Å². The Kier molecular flexibility index (Phi) is 7.85. The summed E-state index contributed by atoms with van der Waals surface area (Å²) in [6, 6.07) is 12.0. The van der Waals surface area contributed by atoms with E-state index in [0.717, 1.165) is 36.6 Å². The van der Waals surface area contributed by atoms with Gasteiger partial charge in [0.05, 0.1) is 27.4 Å². The second-order valence-corrected chi connectivity index (χ2v) is 8.48. The highest BCUT2D eigenvalue weighted by molar-refractivity contribution is 5.74. The van der Waals surface area contributed by atoms with Gasteiger partial charge in [0.2, 0.25) is 0 Å². The van der Waals surface area contributed by atoms with Crippen molar-refractivity contribution in [3.05, 3.63) is 53.1 Å². The van der Waals surface area contributed by atoms with Crippen LogP contribution < -0.4 is 24.8 Å². The van der Waals surface area contributed by atoms with Gasteiger partial charge < -0.3 is 24.8 Å². The number of nitrogens with zero attached hydrogens (tertiary/aromatic N) is 1. The van der Waals surface area contributed by atoms with Crippen molar-refractivity contribution >= 4 is 6.03 Å². The maximum atomic E-state index is 12.5. The van der Waals surface area contributed by atoms with Gasteiger partial charge >= 0.3 is 6.03 Å². The van der Waals surface area contributed by atoms with Crippen molar-refractivity contribution in [2.24, 2.45) is 0 Å². The summed E-state index contributed by atoms with van der Waals surface area (Å²) >= 11 is 0. The van der Waals surface area contributed by atoms with Crippen LogP contribution in [0.1, 0.15) is 43.5 Å². The van der Waals surface area contributed by atoms with E-state index in [-0.39, 0.29) is 24.2 Å². The molecule has 0 saturated heterocycles. The molecule has 7 nitrogen and oxygen atoms in total. The molecule has 3 rings (SSSR count). The molecular formula is C25H35N3O4. The molecule has 0 aliphatic carbocycles. The lowest BCUT2D eigenvalue weighted by atomic mass is 9.87. The van der Waals surface area contributed by atoms with Crippen molar-refractivity contribution in [1.29, 1.82) is 0 Å². The summed E-state index contributed by atoms with van der Waals surface area (Å²) in [5.41, 5.74) is 3.56. The van der Waals surface area contributed by atoms with Gasteiger partial charge in [-0.3, -0.25) is 4.90 Å². The number of carbonyl (C=O) groups is 1. The molecule has 2 aromatic rings. The smallest absolute Gasteiger partial charge is 0.315 e. The van der Waals surface area contributed by atoms with Crippen molar-refractivity contribution < 1.29 is 19.0 Å². The number of rotatable bonds is 8. The first kappa shape index (κ1) is 23.7. The van der Waals surface area contributed by atoms with Crippen molar-refractivity contribution in [2.45, 2.75) is 51.9 Å². The van der Waals surface area contributed by atoms with Crippen LogP contribution in [-0.4, -0.2) is 50.9 Å². The fraction of sp³-hybridized carbons (Fsp3) is 0.480. The van der Waals surface area contributed by atoms with Crippen molar-refractivity contribution in [1.82, 2.24) is 15.5 Å². The average Bonchev–Trinajstić information content (AvgIpc) is 2.77. The van der Waals surface area contributed by atoms with Crippen LogP contribution in [0, 0.1) is 0 Å². The Bertz CT molecular complexity index is 914. The largest absolute Gasteiger partial charge is 0.497 e. The summed E-state index contributed by atoms with van der Waals surface area (Å²) in [6.07, 6.45) is 0.896. The number of carbonyl (C=O) groups excluding carboxylic acids is 1. The summed E-state index contributed by atoms with van der Waals surface area (Å²) in [4.78, 5) is 14.9. The number of methoxy groups -OCH3 is 3. The zero-order valence-electron chi connectivity index (χ0n) is 19.9. The molecule has 7 heteroatoms. The Hall–Kier alpha value is -2.93. The average molecular weight is 442 g/mol. The van der Waals surface area contributed by atoms with Gasteiger partial charge in [-0.1, -0.05) is 12.1 Å². The van der Waals surface area contributed by atoms with E-state index in [1.54, 1.807) is 21.3 Å². The standard InChI is InChI=1S/C25H35N3O4/c1-16(2)26-25(29)27-17(3)24-21-14-23(32-6)22(31-5)13-19(21)11-12-28(24)15-18-7-9-20(30-4)10-8-18/h7-10,13-14,16-17,24H,11-12,15H2,1-6H3,(H2,26,27,29). The summed E-state index contributed by atoms with van der Waals surface area (Å²) in [5.74, 6) is 2.26. The summed E-state index contributed by atoms with van der Waals surface area (Å²) in [5, 5.41) is 6.07. The molecule has 0 saturated carbocycles. The number of fused-ring (bicyclic) bond motifs is 1. The maximum absolute atomic E-state index is 12.5. The third-order valence-corrected chi connectivity index (χ3v) is 5.82. The van der Waals surface area contributed by atoms with E-state index in [0.29, 0.717) is 5.75 Å². The van der Waals surface area contributed by atoms with Gasteiger partial charge in [-0.05, 0) is 68.1 Å². The highest BCUT2D eigenvalue weighted by Gasteiger charge is 2.33. The Morgan fingerprint density at radius 3 is 2.25 bits per heavy atom. The fourth-order valence-corrected chi connectivity index (χ4v) is 4.35. The lowest BCUT2D eigenvalue weighted by Gasteiger charge is -2.41. The number of hydrogen-bond acceptors (Lipinski definition) is 5. The SMILES string of the molecule is COc1ccc(CN2CCc3cc(OC)c(OC)cc3C2C(C)NC(=O)NC(C)C)cc1. The number of amides is 2. The Morgan fingerprint density at radius 2 is 1.66 bits per heavy atom. The quantitative estimate of drug-likeness (QED) is 0.650. The van der Waals surface area contributed by atoms with Gasteiger partial charge in [0.15, 0.2) is 11.5 Å². The van der Waals surface area contributed by atoms with E-state index in [9.17, 15) is 4.79 Å². The van der Waals surface area contributed by atoms with Gasteiger partial charge in [-0.15, -0.1) is 0 Å². The first-order valence-electron chi connectivity index (χ1n) is 11.0. The second-order valence-electron chi connectivity index (χ2n) is 8.48. The lowest BCUT2D eigenvalue weighted by molar-refractivity contribution is 0.143. The number of nitrogens with one attached hydrogen (secondary N) is 2. The van der Waals surface area contributed by atoms with Gasteiger partial charge in [-0.25, -0.2) is 4.79 Å². The zero-order valence-corrected chi connectivity index (χ0v) is 19.9. The van der Waals surface area contributed by atoms with Gasteiger partial charge in [-0.2, -0.15) is 0 Å². The lowest BCUT2D eigenvalue weighted by Crippen LogP contribution is -2.50. The Labute approximate surface area is 191 Å². The topological polar surface area (TPSA) is 72.1 Å². The molecular weight excluding hydrogens is 406 g/mol. The monoisotopic (exact) mass is 441 g/mol. The number of benzene rings is 2. The first-order chi connectivity index (χ1) is 15.4. The fourth-order valence-electron chi connectivity index (χ4n) is 4.35. The van der Waals surface area contributed by atoms with E-state index in [1.807, 2.05) is 26.0 Å². The van der Waals surface area contributed by atoms with E-state index in [4.69, 9.17) is 14.2 Å². The maximum Gasteiger partial charge on any atom is 0.315 e. The predicted molar refractivity (Wildman–Crippen MR) is 126 cm³/mol. The van der Waals surface area contributed by atoms with Crippen LogP contribution >= 0.6 is 0 Å². The van der Waals surface area contributed by atoms with E-state index < -0.39 is 0 Å². The predicted octanol–water partition coefficient (Wildman–Crippen LogP) is 3.91. The Balaban J connectivity index is 1.94. The second kappa shape index (κ2) is 10.6. The molecule has 174 valence electrons. The summed E-state index contributed by atoms with van der Waals surface area (Å²) in [7, 11) is 4.97. The molecule has 1 aliphatic heterocycles. The van der Waals surface area contributed by atoms with Crippen LogP contribution in [0.5, 0.6) is 17.2 Å². The van der Waals surface area contributed by atoms with Gasteiger partial charge in [0.1, 0.15) is 5.75 Å². The highest BCUT2D eigenvalue weighted by atomic mass is 16.5. The number of urea groups is 1. The van der Waals surface area contributed by atoms with E-state index >= 15 is 0 Å². The zero-order chi connectivity index (χ0) is 23.3. The van der Waals surface area contributed by atoms with Crippen LogP contribution in [-0.2, 0) is 13.0 Å². The van der Waals surface area contributed by atoms with E-state index in [1.165, 1.54) is 11.1 Å².